The van der Waals surface area contributed by atoms with Gasteiger partial charge >= 0.3 is 32.0 Å². The molecular weight excluding hydrogens is 380 g/mol. The van der Waals surface area contributed by atoms with E-state index in [0.717, 1.165) is 24.3 Å². The minimum Gasteiger partial charge on any atom is -0.239 e. The van der Waals surface area contributed by atoms with Crippen LogP contribution in [0.4, 0.5) is 26.3 Å². The summed E-state index contributed by atoms with van der Waals surface area (Å²) in [7, 11) is -12.4. The molecule has 132 valence electrons. The Hall–Kier alpha value is -1.38. The van der Waals surface area contributed by atoms with Crippen LogP contribution < -0.4 is 4.13 Å². The van der Waals surface area contributed by atoms with E-state index in [2.05, 4.69) is 4.18 Å². The molecule has 0 amide bonds. The molecule has 0 saturated heterocycles. The molecule has 0 aliphatic heterocycles. The van der Waals surface area contributed by atoms with E-state index >= 15 is 0 Å². The van der Waals surface area contributed by atoms with Crippen LogP contribution in [0.25, 0.3) is 0 Å². The quantitative estimate of drug-likeness (QED) is 0.781. The molecule has 0 fully saturated rings. The largest absolute Gasteiger partial charge is 0.512 e. The lowest BCUT2D eigenvalue weighted by Crippen LogP contribution is -2.42. The van der Waals surface area contributed by atoms with Crippen LogP contribution in [0.2, 0.25) is 0 Å². The highest BCUT2D eigenvalue weighted by Gasteiger charge is 2.51. The summed E-state index contributed by atoms with van der Waals surface area (Å²) in [6.07, 6.45) is -8.53. The van der Waals surface area contributed by atoms with E-state index in [1.807, 2.05) is 0 Å². The van der Waals surface area contributed by atoms with Crippen molar-refractivity contribution in [2.24, 2.45) is 0 Å². The predicted molar refractivity (Wildman–Crippen MR) is 63.4 cm³/mol. The molecule has 0 aliphatic rings. The van der Waals surface area contributed by atoms with Gasteiger partial charge in [0.25, 0.3) is 0 Å². The normalized spacial score (nSPS) is 15.4. The SMILES string of the molecule is O=S(=O)(NS(=O)(=O)C(F)(F)F)O[C@H](c1ccccc1)C(F)(F)F. The van der Waals surface area contributed by atoms with Gasteiger partial charge in [0.1, 0.15) is 0 Å². The Kier molecular flexibility index (Phi) is 5.35. The summed E-state index contributed by atoms with van der Waals surface area (Å²) >= 11 is 0. The first kappa shape index (κ1) is 19.7. The highest BCUT2D eigenvalue weighted by atomic mass is 32.3. The molecule has 0 radical (unpaired) electrons. The first-order chi connectivity index (χ1) is 10.2. The van der Waals surface area contributed by atoms with Crippen molar-refractivity contribution in [3.8, 4) is 0 Å². The molecular formula is C9H7F6NO5S2. The second-order valence-electron chi connectivity index (χ2n) is 3.92. The molecule has 1 rings (SSSR count). The van der Waals surface area contributed by atoms with Crippen molar-refractivity contribution in [3.05, 3.63) is 35.9 Å². The van der Waals surface area contributed by atoms with Crippen molar-refractivity contribution in [3.63, 3.8) is 0 Å². The zero-order valence-corrected chi connectivity index (χ0v) is 12.2. The molecule has 0 heterocycles. The van der Waals surface area contributed by atoms with Crippen molar-refractivity contribution in [1.82, 2.24) is 4.13 Å². The number of benzene rings is 1. The number of alkyl halides is 6. The molecule has 1 aromatic carbocycles. The minimum absolute atomic E-state index is 0.0421. The molecule has 0 aliphatic carbocycles. The zero-order valence-electron chi connectivity index (χ0n) is 10.6. The van der Waals surface area contributed by atoms with Gasteiger partial charge in [-0.3, -0.25) is 0 Å². The highest BCUT2D eigenvalue weighted by Crippen LogP contribution is 2.37. The third kappa shape index (κ3) is 5.33. The third-order valence-electron chi connectivity index (χ3n) is 2.14. The Morgan fingerprint density at radius 1 is 0.913 bits per heavy atom. The van der Waals surface area contributed by atoms with Gasteiger partial charge in [-0.15, -0.1) is 0 Å². The van der Waals surface area contributed by atoms with E-state index in [0.29, 0.717) is 0 Å². The highest BCUT2D eigenvalue weighted by molar-refractivity contribution is 8.03. The number of rotatable bonds is 5. The fourth-order valence-electron chi connectivity index (χ4n) is 1.25. The van der Waals surface area contributed by atoms with E-state index in [1.54, 1.807) is 0 Å². The number of hydrogen-bond acceptors (Lipinski definition) is 5. The van der Waals surface area contributed by atoms with Crippen molar-refractivity contribution < 1.29 is 47.4 Å². The summed E-state index contributed by atoms with van der Waals surface area (Å²) in [5.74, 6) is 0. The lowest BCUT2D eigenvalue weighted by atomic mass is 10.1. The van der Waals surface area contributed by atoms with E-state index in [1.165, 1.54) is 6.07 Å². The molecule has 0 unspecified atom stereocenters. The maximum absolute atomic E-state index is 12.8. The van der Waals surface area contributed by atoms with Crippen LogP contribution in [0.15, 0.2) is 30.3 Å². The average Bonchev–Trinajstić information content (AvgIpc) is 2.33. The van der Waals surface area contributed by atoms with E-state index in [4.69, 9.17) is 0 Å². The van der Waals surface area contributed by atoms with Gasteiger partial charge in [0, 0.05) is 0 Å². The summed E-state index contributed by atoms with van der Waals surface area (Å²) in [6.45, 7) is 0. The zero-order chi connectivity index (χ0) is 18.1. The van der Waals surface area contributed by atoms with Crippen molar-refractivity contribution in [1.29, 1.82) is 0 Å². The second-order valence-corrected chi connectivity index (χ2v) is 7.15. The van der Waals surface area contributed by atoms with Crippen molar-refractivity contribution >= 4 is 20.3 Å². The van der Waals surface area contributed by atoms with Crippen LogP contribution in [0.3, 0.4) is 0 Å². The van der Waals surface area contributed by atoms with Crippen LogP contribution >= 0.6 is 0 Å². The van der Waals surface area contributed by atoms with Gasteiger partial charge in [0.2, 0.25) is 0 Å². The molecule has 0 saturated carbocycles. The van der Waals surface area contributed by atoms with Gasteiger partial charge in [0.15, 0.2) is 6.10 Å². The number of nitrogens with one attached hydrogen (secondary N) is 1. The molecule has 0 spiro atoms. The Bertz CT molecular complexity index is 741. The maximum atomic E-state index is 12.8. The summed E-state index contributed by atoms with van der Waals surface area (Å²) < 4.78 is 122. The van der Waals surface area contributed by atoms with E-state index < -0.39 is 43.7 Å². The molecule has 23 heavy (non-hydrogen) atoms. The predicted octanol–water partition coefficient (Wildman–Crippen LogP) is 1.99. The number of sulfonamides is 1. The summed E-state index contributed by atoms with van der Waals surface area (Å²) in [6, 6.07) is 5.06. The van der Waals surface area contributed by atoms with Crippen LogP contribution in [-0.2, 0) is 24.5 Å². The van der Waals surface area contributed by atoms with Crippen molar-refractivity contribution in [2.75, 3.05) is 0 Å². The van der Waals surface area contributed by atoms with Gasteiger partial charge in [-0.2, -0.15) is 34.8 Å². The summed E-state index contributed by atoms with van der Waals surface area (Å²) in [5.41, 5.74) is -6.81. The first-order valence-corrected chi connectivity index (χ1v) is 8.19. The lowest BCUT2D eigenvalue weighted by molar-refractivity contribution is -0.197. The van der Waals surface area contributed by atoms with E-state index in [9.17, 15) is 43.2 Å². The third-order valence-corrected chi connectivity index (χ3v) is 4.89. The fourth-order valence-corrected chi connectivity index (χ4v) is 3.34. The molecule has 0 aromatic heterocycles. The molecule has 0 bridgehead atoms. The molecule has 1 atom stereocenters. The monoisotopic (exact) mass is 387 g/mol. The minimum atomic E-state index is -6.46. The van der Waals surface area contributed by atoms with E-state index in [-0.39, 0.29) is 4.13 Å². The Labute approximate surface area is 126 Å². The first-order valence-electron chi connectivity index (χ1n) is 5.30. The Morgan fingerprint density at radius 2 is 1.39 bits per heavy atom. The smallest absolute Gasteiger partial charge is 0.239 e. The molecule has 6 nitrogen and oxygen atoms in total. The van der Waals surface area contributed by atoms with Crippen LogP contribution in [0.5, 0.6) is 0 Å². The van der Waals surface area contributed by atoms with Crippen molar-refractivity contribution in [2.45, 2.75) is 17.8 Å². The van der Waals surface area contributed by atoms with Gasteiger partial charge in [-0.1, -0.05) is 34.5 Å². The topological polar surface area (TPSA) is 89.5 Å². The maximum Gasteiger partial charge on any atom is 0.512 e. The number of hydrogen-bond donors (Lipinski definition) is 1. The fraction of sp³-hybridized carbons (Fsp3) is 0.333. The Morgan fingerprint density at radius 3 is 1.78 bits per heavy atom. The second kappa shape index (κ2) is 6.26. The molecule has 14 heteroatoms. The van der Waals surface area contributed by atoms with Gasteiger partial charge < -0.3 is 0 Å². The number of halogens is 6. The van der Waals surface area contributed by atoms with Crippen LogP contribution in [0, 0.1) is 0 Å². The average molecular weight is 387 g/mol. The van der Waals surface area contributed by atoms with Gasteiger partial charge in [-0.25, -0.2) is 12.6 Å². The van der Waals surface area contributed by atoms with Gasteiger partial charge in [-0.05, 0) is 5.56 Å². The van der Waals surface area contributed by atoms with Gasteiger partial charge in [0.05, 0.1) is 0 Å². The summed E-state index contributed by atoms with van der Waals surface area (Å²) in [4.78, 5) is 0. The summed E-state index contributed by atoms with van der Waals surface area (Å²) in [5, 5.41) is 0. The molecule has 1 aromatic rings. The Balaban J connectivity index is 3.15. The standard InChI is InChI=1S/C9H7F6NO5S2/c10-8(11,12)7(6-4-2-1-3-5-6)21-23(19,20)16-22(17,18)9(13,14)15/h1-5,7,16H/t7-/m1/s1. The van der Waals surface area contributed by atoms with Crippen LogP contribution in [-0.4, -0.2) is 28.5 Å². The molecule has 1 N–H and O–H groups in total. The van der Waals surface area contributed by atoms with Crippen LogP contribution in [0.1, 0.15) is 11.7 Å². The lowest BCUT2D eigenvalue weighted by Gasteiger charge is -2.20.